The van der Waals surface area contributed by atoms with Gasteiger partial charge in [0.25, 0.3) is 11.8 Å². The van der Waals surface area contributed by atoms with Crippen molar-refractivity contribution in [1.29, 1.82) is 0 Å². The standard InChI is InChI=1S/C28H20FN7O2/c1-16-11-12-18(15-31-16)23-21(26-30-13-6-14-36(26)35-23)27(37)34-25-28(38)33-24-19(9-5-10-20(24)29)22(32-25)17-7-3-2-4-8-17/h2-15,25H,1H3,(H,33,38)(H,34,37)/t25-/m1/s1. The minimum Gasteiger partial charge on any atom is -0.322 e. The van der Waals surface area contributed by atoms with Gasteiger partial charge in [-0.1, -0.05) is 42.5 Å². The van der Waals surface area contributed by atoms with Crippen LogP contribution in [0.5, 0.6) is 0 Å². The smallest absolute Gasteiger partial charge is 0.269 e. The molecule has 9 nitrogen and oxygen atoms in total. The molecule has 2 aromatic carbocycles. The summed E-state index contributed by atoms with van der Waals surface area (Å²) in [6.45, 7) is 1.86. The van der Waals surface area contributed by atoms with Crippen LogP contribution in [0.1, 0.15) is 27.2 Å². The van der Waals surface area contributed by atoms with E-state index in [0.717, 1.165) is 5.69 Å². The summed E-state index contributed by atoms with van der Waals surface area (Å²) < 4.78 is 16.3. The van der Waals surface area contributed by atoms with E-state index in [0.29, 0.717) is 33.7 Å². The van der Waals surface area contributed by atoms with E-state index in [4.69, 9.17) is 0 Å². The van der Waals surface area contributed by atoms with Gasteiger partial charge in [-0.25, -0.2) is 18.9 Å². The van der Waals surface area contributed by atoms with Gasteiger partial charge in [0.2, 0.25) is 6.17 Å². The first kappa shape index (κ1) is 23.2. The highest BCUT2D eigenvalue weighted by atomic mass is 19.1. The summed E-state index contributed by atoms with van der Waals surface area (Å²) in [6, 6.07) is 18.9. The van der Waals surface area contributed by atoms with Gasteiger partial charge in [-0.15, -0.1) is 0 Å². The average molecular weight is 506 g/mol. The number of aliphatic imine (C=N–C) groups is 1. The number of halogens is 1. The number of benzodiazepines with no additional fused rings is 1. The Hall–Kier alpha value is -5.25. The van der Waals surface area contributed by atoms with Crippen molar-refractivity contribution in [3.63, 3.8) is 0 Å². The van der Waals surface area contributed by atoms with Gasteiger partial charge in [0.1, 0.15) is 17.1 Å². The maximum atomic E-state index is 14.8. The number of benzene rings is 2. The molecule has 0 unspecified atom stereocenters. The number of carbonyl (C=O) groups is 2. The van der Waals surface area contributed by atoms with Crippen molar-refractivity contribution in [3.05, 3.63) is 114 Å². The number of nitrogens with zero attached hydrogens (tertiary/aromatic N) is 5. The molecule has 3 aromatic heterocycles. The molecule has 38 heavy (non-hydrogen) atoms. The normalized spacial score (nSPS) is 14.8. The van der Waals surface area contributed by atoms with Crippen LogP contribution in [0, 0.1) is 12.7 Å². The van der Waals surface area contributed by atoms with Gasteiger partial charge in [0, 0.05) is 41.0 Å². The summed E-state index contributed by atoms with van der Waals surface area (Å²) in [5, 5.41) is 9.83. The van der Waals surface area contributed by atoms with Gasteiger partial charge in [0.15, 0.2) is 5.65 Å². The lowest BCUT2D eigenvalue weighted by atomic mass is 10.0. The number of amides is 2. The molecule has 5 aromatic rings. The number of hydrogen-bond donors (Lipinski definition) is 2. The Morgan fingerprint density at radius 3 is 2.63 bits per heavy atom. The molecule has 0 fully saturated rings. The molecule has 2 N–H and O–H groups in total. The van der Waals surface area contributed by atoms with E-state index in [9.17, 15) is 14.0 Å². The lowest BCUT2D eigenvalue weighted by Gasteiger charge is -2.13. The first-order chi connectivity index (χ1) is 18.5. The van der Waals surface area contributed by atoms with E-state index in [1.807, 2.05) is 37.3 Å². The zero-order valence-corrected chi connectivity index (χ0v) is 20.1. The molecule has 1 atom stereocenters. The minimum atomic E-state index is -1.35. The fourth-order valence-electron chi connectivity index (χ4n) is 4.32. The number of fused-ring (bicyclic) bond motifs is 2. The van der Waals surface area contributed by atoms with Crippen LogP contribution in [-0.4, -0.2) is 43.3 Å². The Balaban J connectivity index is 1.45. The first-order valence-electron chi connectivity index (χ1n) is 11.8. The summed E-state index contributed by atoms with van der Waals surface area (Å²) >= 11 is 0. The molecule has 6 rings (SSSR count). The second-order valence-electron chi connectivity index (χ2n) is 8.67. The van der Waals surface area contributed by atoms with Gasteiger partial charge in [-0.2, -0.15) is 5.10 Å². The maximum absolute atomic E-state index is 14.8. The number of anilines is 1. The lowest BCUT2D eigenvalue weighted by molar-refractivity contribution is -0.117. The van der Waals surface area contributed by atoms with Crippen molar-refractivity contribution >= 4 is 28.9 Å². The summed E-state index contributed by atoms with van der Waals surface area (Å²) in [7, 11) is 0. The highest BCUT2D eigenvalue weighted by molar-refractivity contribution is 6.20. The third-order valence-corrected chi connectivity index (χ3v) is 6.15. The van der Waals surface area contributed by atoms with Crippen molar-refractivity contribution in [2.75, 3.05) is 5.32 Å². The Labute approximate surface area is 216 Å². The van der Waals surface area contributed by atoms with Gasteiger partial charge in [-0.3, -0.25) is 14.6 Å². The molecular weight excluding hydrogens is 485 g/mol. The van der Waals surface area contributed by atoms with Crippen molar-refractivity contribution < 1.29 is 14.0 Å². The molecule has 0 spiro atoms. The molecule has 0 radical (unpaired) electrons. The van der Waals surface area contributed by atoms with Gasteiger partial charge in [0.05, 0.1) is 11.4 Å². The molecular formula is C28H20FN7O2. The van der Waals surface area contributed by atoms with E-state index in [1.54, 1.807) is 48.9 Å². The third kappa shape index (κ3) is 4.07. The minimum absolute atomic E-state index is 0.000852. The Morgan fingerprint density at radius 2 is 1.84 bits per heavy atom. The van der Waals surface area contributed by atoms with Crippen LogP contribution in [0.4, 0.5) is 10.1 Å². The molecule has 4 heterocycles. The second-order valence-corrected chi connectivity index (χ2v) is 8.67. The second kappa shape index (κ2) is 9.32. The number of aryl methyl sites for hydroxylation is 1. The molecule has 10 heteroatoms. The van der Waals surface area contributed by atoms with Crippen molar-refractivity contribution in [2.24, 2.45) is 4.99 Å². The van der Waals surface area contributed by atoms with Gasteiger partial charge >= 0.3 is 0 Å². The number of aromatic nitrogens is 4. The molecule has 0 aliphatic carbocycles. The van der Waals surface area contributed by atoms with Crippen LogP contribution in [0.25, 0.3) is 16.9 Å². The van der Waals surface area contributed by atoms with E-state index in [1.165, 1.54) is 10.6 Å². The van der Waals surface area contributed by atoms with Crippen molar-refractivity contribution in [1.82, 2.24) is 24.9 Å². The molecule has 0 bridgehead atoms. The zero-order chi connectivity index (χ0) is 26.2. The predicted molar refractivity (Wildman–Crippen MR) is 139 cm³/mol. The van der Waals surface area contributed by atoms with Crippen LogP contribution >= 0.6 is 0 Å². The van der Waals surface area contributed by atoms with Crippen LogP contribution < -0.4 is 10.6 Å². The fourth-order valence-corrected chi connectivity index (χ4v) is 4.32. The molecule has 0 saturated carbocycles. The highest BCUT2D eigenvalue weighted by Gasteiger charge is 2.31. The largest absolute Gasteiger partial charge is 0.322 e. The molecule has 1 aliphatic heterocycles. The van der Waals surface area contributed by atoms with Crippen LogP contribution in [0.3, 0.4) is 0 Å². The topological polar surface area (TPSA) is 114 Å². The monoisotopic (exact) mass is 505 g/mol. The van der Waals surface area contributed by atoms with Gasteiger partial charge < -0.3 is 10.6 Å². The zero-order valence-electron chi connectivity index (χ0n) is 20.1. The SMILES string of the molecule is Cc1ccc(-c2nn3cccnc3c2C(=O)N[C@H]2N=C(c3ccccc3)c3cccc(F)c3NC2=O)cn1. The molecule has 2 amide bonds. The van der Waals surface area contributed by atoms with Crippen molar-refractivity contribution in [2.45, 2.75) is 13.1 Å². The summed E-state index contributed by atoms with van der Waals surface area (Å²) in [4.78, 5) is 40.2. The first-order valence-corrected chi connectivity index (χ1v) is 11.8. The maximum Gasteiger partial charge on any atom is 0.269 e. The Kier molecular flexibility index (Phi) is 5.68. The van der Waals surface area contributed by atoms with Crippen molar-refractivity contribution in [3.8, 4) is 11.3 Å². The van der Waals surface area contributed by atoms with Gasteiger partial charge in [-0.05, 0) is 31.2 Å². The van der Waals surface area contributed by atoms with Crippen LogP contribution in [0.2, 0.25) is 0 Å². The number of pyridine rings is 1. The average Bonchev–Trinajstić information content (AvgIpc) is 3.26. The predicted octanol–water partition coefficient (Wildman–Crippen LogP) is 3.78. The highest BCUT2D eigenvalue weighted by Crippen LogP contribution is 2.28. The number of rotatable bonds is 4. The number of hydrogen-bond acceptors (Lipinski definition) is 6. The van der Waals surface area contributed by atoms with Crippen LogP contribution in [-0.2, 0) is 4.79 Å². The lowest BCUT2D eigenvalue weighted by Crippen LogP contribution is -2.42. The summed E-state index contributed by atoms with van der Waals surface area (Å²) in [5.74, 6) is -1.90. The number of nitrogens with one attached hydrogen (secondary N) is 2. The number of para-hydroxylation sites is 1. The van der Waals surface area contributed by atoms with E-state index < -0.39 is 23.8 Å². The summed E-state index contributed by atoms with van der Waals surface area (Å²) in [6.07, 6.45) is 3.49. The quantitative estimate of drug-likeness (QED) is 0.386. The molecule has 186 valence electrons. The fraction of sp³-hybridized carbons (Fsp3) is 0.0714. The number of carbonyl (C=O) groups excluding carboxylic acids is 2. The Bertz CT molecular complexity index is 1730. The van der Waals surface area contributed by atoms with E-state index in [2.05, 4.69) is 30.7 Å². The third-order valence-electron chi connectivity index (χ3n) is 6.15. The van der Waals surface area contributed by atoms with E-state index >= 15 is 0 Å². The van der Waals surface area contributed by atoms with E-state index in [-0.39, 0.29) is 11.3 Å². The summed E-state index contributed by atoms with van der Waals surface area (Å²) in [5.41, 5.74) is 3.68. The molecule has 1 aliphatic rings. The molecule has 0 saturated heterocycles. The van der Waals surface area contributed by atoms with Crippen LogP contribution in [0.15, 0.2) is 90.3 Å². The Morgan fingerprint density at radius 1 is 1.00 bits per heavy atom.